The van der Waals surface area contributed by atoms with E-state index < -0.39 is 22.9 Å². The van der Waals surface area contributed by atoms with Gasteiger partial charge in [0.2, 0.25) is 11.8 Å². The van der Waals surface area contributed by atoms with E-state index in [1.54, 1.807) is 9.80 Å². The van der Waals surface area contributed by atoms with E-state index in [0.29, 0.717) is 32.5 Å². The van der Waals surface area contributed by atoms with Gasteiger partial charge < -0.3 is 19.9 Å². The maximum atomic E-state index is 13.4. The molecule has 0 aliphatic carbocycles. The first kappa shape index (κ1) is 21.8. The van der Waals surface area contributed by atoms with Crippen LogP contribution in [-0.4, -0.2) is 49.0 Å². The summed E-state index contributed by atoms with van der Waals surface area (Å²) in [5.41, 5.74) is -0.0597. The van der Waals surface area contributed by atoms with E-state index >= 15 is 0 Å². The fourth-order valence-corrected chi connectivity index (χ4v) is 4.86. The van der Waals surface area contributed by atoms with Crippen molar-refractivity contribution >= 4 is 40.1 Å². The quantitative estimate of drug-likeness (QED) is 0.440. The van der Waals surface area contributed by atoms with Crippen molar-refractivity contribution in [2.75, 3.05) is 25.1 Å². The van der Waals surface area contributed by atoms with E-state index in [4.69, 9.17) is 4.74 Å². The number of anilines is 1. The van der Waals surface area contributed by atoms with E-state index in [9.17, 15) is 19.2 Å². The number of likely N-dealkylation sites (tertiary alicyclic amines) is 1. The Kier molecular flexibility index (Phi) is 6.31. The number of benzene rings is 1. The van der Waals surface area contributed by atoms with Crippen molar-refractivity contribution in [3.8, 4) is 5.75 Å². The minimum atomic E-state index is -0.648. The molecule has 2 fully saturated rings. The van der Waals surface area contributed by atoms with E-state index in [-0.39, 0.29) is 23.3 Å². The number of halogens is 1. The van der Waals surface area contributed by atoms with Crippen LogP contribution in [0.1, 0.15) is 31.2 Å². The van der Waals surface area contributed by atoms with Gasteiger partial charge in [-0.15, -0.1) is 0 Å². The number of methoxy groups -OCH3 is 1. The Balaban J connectivity index is 1.45. The number of rotatable bonds is 6. The Morgan fingerprint density at radius 1 is 1.06 bits per heavy atom. The highest BCUT2D eigenvalue weighted by molar-refractivity contribution is 14.1. The molecule has 0 aromatic heterocycles. The van der Waals surface area contributed by atoms with Crippen molar-refractivity contribution in [1.29, 1.82) is 0 Å². The lowest BCUT2D eigenvalue weighted by molar-refractivity contribution is -0.139. The van der Waals surface area contributed by atoms with Gasteiger partial charge >= 0.3 is 0 Å². The number of amides is 2. The number of hydrogen-bond acceptors (Lipinski definition) is 6. The maximum absolute atomic E-state index is 13.4. The topological polar surface area (TPSA) is 96.0 Å². The van der Waals surface area contributed by atoms with Gasteiger partial charge in [0.1, 0.15) is 17.8 Å². The summed E-state index contributed by atoms with van der Waals surface area (Å²) in [5, 5.41) is 2.94. The van der Waals surface area contributed by atoms with Crippen molar-refractivity contribution < 1.29 is 14.3 Å². The molecule has 0 spiro atoms. The van der Waals surface area contributed by atoms with Gasteiger partial charge in [-0.2, -0.15) is 0 Å². The summed E-state index contributed by atoms with van der Waals surface area (Å²) in [6, 6.07) is 6.83. The SMILES string of the molecule is COc1c(N2CCCC2C(=O)N2CCCC2C(=O)NCc2ccc(I)cc2)c(=O)c1=O. The maximum Gasteiger partial charge on any atom is 0.272 e. The van der Waals surface area contributed by atoms with Gasteiger partial charge in [-0.05, 0) is 66.0 Å². The second kappa shape index (κ2) is 8.97. The van der Waals surface area contributed by atoms with E-state index in [1.807, 2.05) is 24.3 Å². The lowest BCUT2D eigenvalue weighted by Crippen LogP contribution is -2.53. The lowest BCUT2D eigenvalue weighted by atomic mass is 10.1. The summed E-state index contributed by atoms with van der Waals surface area (Å²) in [5.74, 6) is -0.307. The average Bonchev–Trinajstić information content (AvgIpc) is 3.45. The molecule has 1 N–H and O–H groups in total. The smallest absolute Gasteiger partial charge is 0.272 e. The molecular formula is C22H24IN3O5. The van der Waals surface area contributed by atoms with Crippen LogP contribution in [0.3, 0.4) is 0 Å². The third-order valence-electron chi connectivity index (χ3n) is 6.09. The molecule has 0 saturated carbocycles. The van der Waals surface area contributed by atoms with Crippen LogP contribution in [0.5, 0.6) is 5.75 Å². The number of carbonyl (C=O) groups excluding carboxylic acids is 2. The molecule has 0 bridgehead atoms. The molecule has 2 atom stereocenters. The van der Waals surface area contributed by atoms with Crippen LogP contribution < -0.4 is 25.8 Å². The first-order valence-electron chi connectivity index (χ1n) is 10.4. The Morgan fingerprint density at radius 3 is 2.45 bits per heavy atom. The molecule has 164 valence electrons. The predicted molar refractivity (Wildman–Crippen MR) is 124 cm³/mol. The first-order valence-corrected chi connectivity index (χ1v) is 11.5. The number of nitrogens with one attached hydrogen (secondary N) is 1. The Labute approximate surface area is 193 Å². The molecule has 2 saturated heterocycles. The fourth-order valence-electron chi connectivity index (χ4n) is 4.50. The van der Waals surface area contributed by atoms with Gasteiger partial charge in [-0.1, -0.05) is 12.1 Å². The van der Waals surface area contributed by atoms with Crippen LogP contribution in [0.15, 0.2) is 33.9 Å². The van der Waals surface area contributed by atoms with Gasteiger partial charge in [-0.3, -0.25) is 19.2 Å². The van der Waals surface area contributed by atoms with Gasteiger partial charge in [0.25, 0.3) is 10.9 Å². The zero-order valence-electron chi connectivity index (χ0n) is 17.2. The predicted octanol–water partition coefficient (Wildman–Crippen LogP) is 1.17. The second-order valence-electron chi connectivity index (χ2n) is 7.93. The van der Waals surface area contributed by atoms with Crippen molar-refractivity contribution in [3.63, 3.8) is 0 Å². The van der Waals surface area contributed by atoms with Gasteiger partial charge in [0, 0.05) is 23.2 Å². The molecule has 0 radical (unpaired) electrons. The number of nitrogens with zero attached hydrogens (tertiary/aromatic N) is 2. The zero-order valence-corrected chi connectivity index (χ0v) is 19.4. The molecule has 2 aliphatic rings. The molecular weight excluding hydrogens is 513 g/mol. The summed E-state index contributed by atoms with van der Waals surface area (Å²) >= 11 is 2.23. The van der Waals surface area contributed by atoms with Crippen LogP contribution in [0.4, 0.5) is 5.69 Å². The molecule has 2 aliphatic heterocycles. The van der Waals surface area contributed by atoms with Crippen LogP contribution in [0.25, 0.3) is 0 Å². The molecule has 2 aromatic carbocycles. The van der Waals surface area contributed by atoms with Gasteiger partial charge in [0.15, 0.2) is 5.75 Å². The first-order chi connectivity index (χ1) is 14.9. The molecule has 2 heterocycles. The third kappa shape index (κ3) is 4.07. The van der Waals surface area contributed by atoms with Crippen LogP contribution >= 0.6 is 22.6 Å². The monoisotopic (exact) mass is 537 g/mol. The molecule has 2 amide bonds. The van der Waals surface area contributed by atoms with Crippen LogP contribution in [0, 0.1) is 3.57 Å². The van der Waals surface area contributed by atoms with Crippen molar-refractivity contribution in [2.24, 2.45) is 0 Å². The number of carbonyl (C=O) groups is 2. The van der Waals surface area contributed by atoms with E-state index in [1.165, 1.54) is 7.11 Å². The minimum absolute atomic E-state index is 0.0259. The highest BCUT2D eigenvalue weighted by atomic mass is 127. The molecule has 9 heteroatoms. The highest BCUT2D eigenvalue weighted by Crippen LogP contribution is 2.32. The standard InChI is InChI=1S/C22H24IN3O5/c1-31-20-17(18(27)19(20)28)25-10-3-5-16(25)22(30)26-11-2-4-15(26)21(29)24-12-13-6-8-14(23)9-7-13/h6-9,15-16H,2-5,10-12H2,1H3,(H,24,29). The largest absolute Gasteiger partial charge is 0.491 e. The van der Waals surface area contributed by atoms with Crippen molar-refractivity contribution in [3.05, 3.63) is 53.8 Å². The molecule has 31 heavy (non-hydrogen) atoms. The average molecular weight is 537 g/mol. The Morgan fingerprint density at radius 2 is 1.74 bits per heavy atom. The summed E-state index contributed by atoms with van der Waals surface area (Å²) in [6.07, 6.45) is 2.67. The molecule has 8 nitrogen and oxygen atoms in total. The number of ether oxygens (including phenoxy) is 1. The van der Waals surface area contributed by atoms with Gasteiger partial charge in [-0.25, -0.2) is 0 Å². The second-order valence-corrected chi connectivity index (χ2v) is 9.17. The minimum Gasteiger partial charge on any atom is -0.491 e. The summed E-state index contributed by atoms with van der Waals surface area (Å²) < 4.78 is 6.19. The number of hydrogen-bond donors (Lipinski definition) is 1. The molecule has 2 unspecified atom stereocenters. The summed E-state index contributed by atoms with van der Waals surface area (Å²) in [7, 11) is 1.35. The molecule has 2 aromatic rings. The van der Waals surface area contributed by atoms with E-state index in [0.717, 1.165) is 22.0 Å². The van der Waals surface area contributed by atoms with Crippen molar-refractivity contribution in [2.45, 2.75) is 44.3 Å². The fraction of sp³-hybridized carbons (Fsp3) is 0.455. The van der Waals surface area contributed by atoms with E-state index in [2.05, 4.69) is 27.9 Å². The van der Waals surface area contributed by atoms with Crippen LogP contribution in [-0.2, 0) is 16.1 Å². The Hall–Kier alpha value is -2.43. The van der Waals surface area contributed by atoms with Crippen LogP contribution in [0.2, 0.25) is 0 Å². The summed E-state index contributed by atoms with van der Waals surface area (Å²) in [4.78, 5) is 53.3. The van der Waals surface area contributed by atoms with Gasteiger partial charge in [0.05, 0.1) is 7.11 Å². The normalized spacial score (nSPS) is 21.0. The third-order valence-corrected chi connectivity index (χ3v) is 6.81. The highest BCUT2D eigenvalue weighted by Gasteiger charge is 2.43. The molecule has 4 rings (SSSR count). The van der Waals surface area contributed by atoms with Crippen molar-refractivity contribution in [1.82, 2.24) is 10.2 Å². The lowest BCUT2D eigenvalue weighted by Gasteiger charge is -2.32. The Bertz CT molecular complexity index is 1060. The zero-order chi connectivity index (χ0) is 22.1. The summed E-state index contributed by atoms with van der Waals surface area (Å²) in [6.45, 7) is 1.42.